The second kappa shape index (κ2) is 8.49. The molecule has 0 radical (unpaired) electrons. The summed E-state index contributed by atoms with van der Waals surface area (Å²) in [4.78, 5) is 23.9. The highest BCUT2D eigenvalue weighted by Crippen LogP contribution is 2.27. The van der Waals surface area contributed by atoms with E-state index < -0.39 is 17.5 Å². The van der Waals surface area contributed by atoms with E-state index in [4.69, 9.17) is 5.73 Å². The van der Waals surface area contributed by atoms with Crippen LogP contribution in [0.3, 0.4) is 0 Å². The van der Waals surface area contributed by atoms with Gasteiger partial charge >= 0.3 is 0 Å². The maximum Gasteiger partial charge on any atom is 0.268 e. The van der Waals surface area contributed by atoms with Crippen molar-refractivity contribution in [2.75, 3.05) is 13.1 Å². The molecule has 0 bridgehead atoms. The van der Waals surface area contributed by atoms with Crippen molar-refractivity contribution in [2.24, 2.45) is 12.8 Å². The first-order valence-electron chi connectivity index (χ1n) is 8.29. The van der Waals surface area contributed by atoms with Crippen LogP contribution in [0.5, 0.6) is 0 Å². The molecule has 146 valence electrons. The number of aromatic nitrogens is 1. The maximum absolute atomic E-state index is 13.6. The van der Waals surface area contributed by atoms with Crippen LogP contribution in [0.15, 0.2) is 30.5 Å². The first-order valence-corrected chi connectivity index (χ1v) is 8.29. The van der Waals surface area contributed by atoms with Gasteiger partial charge in [0.2, 0.25) is 5.91 Å². The van der Waals surface area contributed by atoms with E-state index in [1.807, 2.05) is 0 Å². The first-order chi connectivity index (χ1) is 12.4. The topological polar surface area (TPSA) is 89.2 Å². The van der Waals surface area contributed by atoms with Gasteiger partial charge in [0.15, 0.2) is 11.6 Å². The molecule has 2 heterocycles. The Morgan fingerprint density at radius 2 is 2.00 bits per heavy atom. The number of amides is 2. The molecule has 1 aliphatic rings. The number of rotatable bonds is 4. The number of hydrogen-bond donors (Lipinski definition) is 3. The lowest BCUT2D eigenvalue weighted by atomic mass is 9.86. The lowest BCUT2D eigenvalue weighted by Crippen LogP contribution is -2.50. The lowest BCUT2D eigenvalue weighted by Gasteiger charge is -2.33. The molecule has 2 unspecified atom stereocenters. The molecule has 2 amide bonds. The summed E-state index contributed by atoms with van der Waals surface area (Å²) >= 11 is 0. The predicted octanol–water partition coefficient (Wildman–Crippen LogP) is 1.70. The largest absolute Gasteiger partial charge is 0.366 e. The molecule has 1 aromatic carbocycles. The van der Waals surface area contributed by atoms with Crippen molar-refractivity contribution in [3.8, 4) is 0 Å². The summed E-state index contributed by atoms with van der Waals surface area (Å²) in [6.45, 7) is 1.22. The van der Waals surface area contributed by atoms with Crippen molar-refractivity contribution < 1.29 is 18.4 Å². The van der Waals surface area contributed by atoms with Gasteiger partial charge in [-0.3, -0.25) is 9.59 Å². The minimum atomic E-state index is -0.903. The number of primary amides is 1. The van der Waals surface area contributed by atoms with E-state index in [1.165, 1.54) is 22.9 Å². The molecule has 9 heteroatoms. The van der Waals surface area contributed by atoms with Crippen LogP contribution in [0, 0.1) is 11.6 Å². The number of nitrogens with two attached hydrogens (primary N) is 1. The zero-order valence-corrected chi connectivity index (χ0v) is 15.5. The minimum Gasteiger partial charge on any atom is -0.366 e. The van der Waals surface area contributed by atoms with Gasteiger partial charge in [0.25, 0.3) is 5.91 Å². The molecule has 0 aliphatic carbocycles. The molecule has 2 aromatic rings. The van der Waals surface area contributed by atoms with Gasteiger partial charge in [-0.25, -0.2) is 8.78 Å². The van der Waals surface area contributed by atoms with Gasteiger partial charge in [0.05, 0.1) is 5.56 Å². The SMILES string of the molecule is Cl.Cn1cc(C(N)=O)cc1C(=O)NC1CNCCC1c1ccc(F)c(F)c1. The molecular formula is C18H21ClF2N4O2. The molecule has 1 aromatic heterocycles. The summed E-state index contributed by atoms with van der Waals surface area (Å²) in [6, 6.07) is 4.95. The minimum absolute atomic E-state index is 0. The van der Waals surface area contributed by atoms with E-state index in [9.17, 15) is 18.4 Å². The number of halogens is 3. The second-order valence-corrected chi connectivity index (χ2v) is 6.44. The molecule has 0 saturated carbocycles. The van der Waals surface area contributed by atoms with Crippen molar-refractivity contribution >= 4 is 24.2 Å². The average Bonchev–Trinajstić information content (AvgIpc) is 3.00. The number of carbonyl (C=O) groups is 2. The Labute approximate surface area is 161 Å². The Hall–Kier alpha value is -2.45. The van der Waals surface area contributed by atoms with Gasteiger partial charge in [0.1, 0.15) is 5.69 Å². The van der Waals surface area contributed by atoms with E-state index in [0.717, 1.165) is 6.07 Å². The zero-order valence-electron chi connectivity index (χ0n) is 14.7. The van der Waals surface area contributed by atoms with Crippen molar-refractivity contribution in [3.63, 3.8) is 0 Å². The number of nitrogens with one attached hydrogen (secondary N) is 2. The van der Waals surface area contributed by atoms with Gasteiger partial charge in [-0.15, -0.1) is 12.4 Å². The van der Waals surface area contributed by atoms with Gasteiger partial charge in [-0.05, 0) is 36.7 Å². The molecule has 2 atom stereocenters. The summed E-state index contributed by atoms with van der Waals surface area (Å²) in [7, 11) is 1.65. The Morgan fingerprint density at radius 1 is 1.26 bits per heavy atom. The third-order valence-electron chi connectivity index (χ3n) is 4.69. The highest BCUT2D eigenvalue weighted by atomic mass is 35.5. The van der Waals surface area contributed by atoms with Crippen LogP contribution in [0.1, 0.15) is 38.7 Å². The van der Waals surface area contributed by atoms with Crippen molar-refractivity contribution in [1.29, 1.82) is 0 Å². The lowest BCUT2D eigenvalue weighted by molar-refractivity contribution is 0.0916. The molecule has 27 heavy (non-hydrogen) atoms. The fraction of sp³-hybridized carbons (Fsp3) is 0.333. The van der Waals surface area contributed by atoms with Crippen LogP contribution in [-0.2, 0) is 7.05 Å². The molecular weight excluding hydrogens is 378 g/mol. The zero-order chi connectivity index (χ0) is 18.8. The molecule has 1 saturated heterocycles. The molecule has 3 rings (SSSR count). The van der Waals surface area contributed by atoms with Crippen molar-refractivity contribution in [1.82, 2.24) is 15.2 Å². The third kappa shape index (κ3) is 4.45. The van der Waals surface area contributed by atoms with Gasteiger partial charge in [-0.2, -0.15) is 0 Å². The summed E-state index contributed by atoms with van der Waals surface area (Å²) in [5.74, 6) is -2.92. The van der Waals surface area contributed by atoms with Crippen molar-refractivity contribution in [3.05, 3.63) is 58.9 Å². The van der Waals surface area contributed by atoms with Crippen LogP contribution >= 0.6 is 12.4 Å². The molecule has 0 spiro atoms. The Kier molecular flexibility index (Phi) is 6.56. The van der Waals surface area contributed by atoms with Gasteiger partial charge < -0.3 is 20.9 Å². The van der Waals surface area contributed by atoms with E-state index >= 15 is 0 Å². The third-order valence-corrected chi connectivity index (χ3v) is 4.69. The summed E-state index contributed by atoms with van der Waals surface area (Å²) in [5.41, 5.74) is 6.43. The van der Waals surface area contributed by atoms with Crippen LogP contribution in [0.4, 0.5) is 8.78 Å². The Morgan fingerprint density at radius 3 is 2.63 bits per heavy atom. The number of carbonyl (C=O) groups excluding carboxylic acids is 2. The van der Waals surface area contributed by atoms with Crippen LogP contribution in [-0.4, -0.2) is 35.5 Å². The van der Waals surface area contributed by atoms with Crippen LogP contribution < -0.4 is 16.4 Å². The molecule has 6 nitrogen and oxygen atoms in total. The summed E-state index contributed by atoms with van der Waals surface area (Å²) < 4.78 is 28.3. The van der Waals surface area contributed by atoms with E-state index in [-0.39, 0.29) is 35.8 Å². The molecule has 1 fully saturated rings. The molecule has 4 N–H and O–H groups in total. The number of piperidine rings is 1. The number of aryl methyl sites for hydroxylation is 1. The highest BCUT2D eigenvalue weighted by Gasteiger charge is 2.29. The van der Waals surface area contributed by atoms with Crippen molar-refractivity contribution in [2.45, 2.75) is 18.4 Å². The second-order valence-electron chi connectivity index (χ2n) is 6.44. The predicted molar refractivity (Wildman–Crippen MR) is 99.0 cm³/mol. The molecule has 1 aliphatic heterocycles. The first kappa shape index (κ1) is 20.9. The number of nitrogens with zero attached hydrogens (tertiary/aromatic N) is 1. The highest BCUT2D eigenvalue weighted by molar-refractivity contribution is 5.98. The number of benzene rings is 1. The summed E-state index contributed by atoms with van der Waals surface area (Å²) in [6.07, 6.45) is 2.17. The smallest absolute Gasteiger partial charge is 0.268 e. The van der Waals surface area contributed by atoms with E-state index in [2.05, 4.69) is 10.6 Å². The van der Waals surface area contributed by atoms with E-state index in [0.29, 0.717) is 30.8 Å². The Balaban J connectivity index is 0.00000261. The fourth-order valence-corrected chi connectivity index (χ4v) is 3.32. The normalized spacial score (nSPS) is 19.2. The quantitative estimate of drug-likeness (QED) is 0.732. The van der Waals surface area contributed by atoms with Crippen LogP contribution in [0.2, 0.25) is 0 Å². The Bertz CT molecular complexity index is 856. The van der Waals surface area contributed by atoms with Gasteiger partial charge in [0, 0.05) is 31.7 Å². The fourth-order valence-electron chi connectivity index (χ4n) is 3.32. The average molecular weight is 399 g/mol. The maximum atomic E-state index is 13.6. The van der Waals surface area contributed by atoms with Crippen LogP contribution in [0.25, 0.3) is 0 Å². The van der Waals surface area contributed by atoms with Gasteiger partial charge in [-0.1, -0.05) is 6.07 Å². The standard InChI is InChI=1S/C18H20F2N4O2.ClH/c1-24-9-11(17(21)25)7-16(24)18(26)23-15-8-22-5-4-12(15)10-2-3-13(19)14(20)6-10;/h2-3,6-7,9,12,15,22H,4-5,8H2,1H3,(H2,21,25)(H,23,26);1H. The van der Waals surface area contributed by atoms with E-state index in [1.54, 1.807) is 13.1 Å². The summed E-state index contributed by atoms with van der Waals surface area (Å²) in [5, 5.41) is 6.11. The monoisotopic (exact) mass is 398 g/mol. The number of hydrogen-bond acceptors (Lipinski definition) is 3.